The Kier molecular flexibility index (Phi) is 6.68. The molecular weight excluding hydrogens is 184 g/mol. The number of unbranched alkanes of at least 4 members (excludes halogenated alkanes) is 3. The van der Waals surface area contributed by atoms with E-state index in [1.165, 1.54) is 25.7 Å². The molecule has 0 bridgehead atoms. The molecule has 0 radical (unpaired) electrons. The van der Waals surface area contributed by atoms with Crippen LogP contribution in [0, 0.1) is 0 Å². The van der Waals surface area contributed by atoms with E-state index >= 15 is 0 Å². The normalized spacial score (nSPS) is 22.4. The first-order chi connectivity index (χ1) is 6.43. The average Bonchev–Trinajstić information content (AvgIpc) is 2.63. The third-order valence-corrected chi connectivity index (χ3v) is 2.61. The van der Waals surface area contributed by atoms with E-state index in [2.05, 4.69) is 12.6 Å². The zero-order valence-corrected chi connectivity index (χ0v) is 9.10. The van der Waals surface area contributed by atoms with Gasteiger partial charge in [-0.2, -0.15) is 12.6 Å². The van der Waals surface area contributed by atoms with Crippen molar-refractivity contribution in [2.75, 3.05) is 25.6 Å². The SMILES string of the molecule is SCCCCCCOC1CCOC1. The molecule has 1 unspecified atom stereocenters. The summed E-state index contributed by atoms with van der Waals surface area (Å²) in [5.41, 5.74) is 0. The molecule has 1 rings (SSSR count). The fourth-order valence-corrected chi connectivity index (χ4v) is 1.69. The van der Waals surface area contributed by atoms with E-state index in [1.807, 2.05) is 0 Å². The molecule has 0 aromatic rings. The van der Waals surface area contributed by atoms with Crippen molar-refractivity contribution in [3.8, 4) is 0 Å². The van der Waals surface area contributed by atoms with Gasteiger partial charge in [-0.15, -0.1) is 0 Å². The van der Waals surface area contributed by atoms with E-state index in [0.29, 0.717) is 6.10 Å². The maximum atomic E-state index is 5.64. The largest absolute Gasteiger partial charge is 0.379 e. The molecule has 3 heteroatoms. The maximum absolute atomic E-state index is 5.64. The van der Waals surface area contributed by atoms with Crippen molar-refractivity contribution in [1.29, 1.82) is 0 Å². The Bertz CT molecular complexity index is 113. The van der Waals surface area contributed by atoms with Crippen LogP contribution in [0.5, 0.6) is 0 Å². The third kappa shape index (κ3) is 5.55. The van der Waals surface area contributed by atoms with Crippen LogP contribution in [-0.4, -0.2) is 31.7 Å². The highest BCUT2D eigenvalue weighted by Crippen LogP contribution is 2.09. The van der Waals surface area contributed by atoms with Crippen LogP contribution in [-0.2, 0) is 9.47 Å². The number of hydrogen-bond acceptors (Lipinski definition) is 3. The minimum Gasteiger partial charge on any atom is -0.379 e. The van der Waals surface area contributed by atoms with E-state index in [1.54, 1.807) is 0 Å². The van der Waals surface area contributed by atoms with Crippen LogP contribution in [0.15, 0.2) is 0 Å². The van der Waals surface area contributed by atoms with Crippen LogP contribution in [0.4, 0.5) is 0 Å². The molecule has 13 heavy (non-hydrogen) atoms. The second-order valence-corrected chi connectivity index (χ2v) is 3.94. The standard InChI is InChI=1S/C10H20O2S/c13-8-4-2-1-3-6-12-10-5-7-11-9-10/h10,13H,1-9H2. The van der Waals surface area contributed by atoms with Crippen LogP contribution in [0.1, 0.15) is 32.1 Å². The van der Waals surface area contributed by atoms with Crippen molar-refractivity contribution < 1.29 is 9.47 Å². The summed E-state index contributed by atoms with van der Waals surface area (Å²) < 4.78 is 10.9. The Hall–Kier alpha value is 0.270. The van der Waals surface area contributed by atoms with Gasteiger partial charge in [-0.3, -0.25) is 0 Å². The lowest BCUT2D eigenvalue weighted by molar-refractivity contribution is 0.0406. The summed E-state index contributed by atoms with van der Waals surface area (Å²) in [6, 6.07) is 0. The first kappa shape index (κ1) is 11.3. The van der Waals surface area contributed by atoms with Crippen molar-refractivity contribution in [3.05, 3.63) is 0 Å². The molecule has 0 aliphatic carbocycles. The summed E-state index contributed by atoms with van der Waals surface area (Å²) in [7, 11) is 0. The molecule has 1 heterocycles. The lowest BCUT2D eigenvalue weighted by Gasteiger charge is -2.08. The molecule has 1 aliphatic heterocycles. The molecule has 1 atom stereocenters. The summed E-state index contributed by atoms with van der Waals surface area (Å²) in [4.78, 5) is 0. The van der Waals surface area contributed by atoms with Crippen LogP contribution in [0.25, 0.3) is 0 Å². The smallest absolute Gasteiger partial charge is 0.0830 e. The number of ether oxygens (including phenoxy) is 2. The monoisotopic (exact) mass is 204 g/mol. The van der Waals surface area contributed by atoms with E-state index in [-0.39, 0.29) is 0 Å². The Morgan fingerprint density at radius 3 is 2.77 bits per heavy atom. The molecule has 1 aliphatic rings. The summed E-state index contributed by atoms with van der Waals surface area (Å²) >= 11 is 4.17. The van der Waals surface area contributed by atoms with Gasteiger partial charge < -0.3 is 9.47 Å². The quantitative estimate of drug-likeness (QED) is 0.506. The van der Waals surface area contributed by atoms with E-state index in [4.69, 9.17) is 9.47 Å². The molecule has 0 saturated carbocycles. The van der Waals surface area contributed by atoms with Gasteiger partial charge in [0.1, 0.15) is 0 Å². The molecule has 1 saturated heterocycles. The number of rotatable bonds is 7. The second kappa shape index (κ2) is 7.65. The highest BCUT2D eigenvalue weighted by atomic mass is 32.1. The number of hydrogen-bond donors (Lipinski definition) is 1. The highest BCUT2D eigenvalue weighted by molar-refractivity contribution is 7.80. The Morgan fingerprint density at radius 2 is 2.08 bits per heavy atom. The minimum absolute atomic E-state index is 0.380. The Labute approximate surface area is 86.4 Å². The minimum atomic E-state index is 0.380. The molecule has 0 N–H and O–H groups in total. The molecule has 2 nitrogen and oxygen atoms in total. The van der Waals surface area contributed by atoms with Crippen molar-refractivity contribution in [1.82, 2.24) is 0 Å². The Morgan fingerprint density at radius 1 is 1.23 bits per heavy atom. The predicted molar refractivity (Wildman–Crippen MR) is 57.5 cm³/mol. The van der Waals surface area contributed by atoms with Gasteiger partial charge in [-0.05, 0) is 25.0 Å². The lowest BCUT2D eigenvalue weighted by atomic mass is 10.2. The fourth-order valence-electron chi connectivity index (χ4n) is 1.46. The first-order valence-electron chi connectivity index (χ1n) is 5.23. The van der Waals surface area contributed by atoms with Crippen LogP contribution in [0.3, 0.4) is 0 Å². The van der Waals surface area contributed by atoms with Gasteiger partial charge in [0.15, 0.2) is 0 Å². The molecule has 0 amide bonds. The third-order valence-electron chi connectivity index (χ3n) is 2.29. The van der Waals surface area contributed by atoms with Gasteiger partial charge in [0, 0.05) is 13.2 Å². The summed E-state index contributed by atoms with van der Waals surface area (Å²) in [5, 5.41) is 0. The molecule has 0 spiro atoms. The molecule has 78 valence electrons. The van der Waals surface area contributed by atoms with Crippen molar-refractivity contribution in [3.63, 3.8) is 0 Å². The predicted octanol–water partition coefficient (Wildman–Crippen LogP) is 2.28. The van der Waals surface area contributed by atoms with Crippen LogP contribution < -0.4 is 0 Å². The fraction of sp³-hybridized carbons (Fsp3) is 1.00. The van der Waals surface area contributed by atoms with Crippen molar-refractivity contribution in [2.45, 2.75) is 38.2 Å². The van der Waals surface area contributed by atoms with Crippen LogP contribution >= 0.6 is 12.6 Å². The lowest BCUT2D eigenvalue weighted by Crippen LogP contribution is -2.12. The van der Waals surface area contributed by atoms with Gasteiger partial charge in [0.2, 0.25) is 0 Å². The maximum Gasteiger partial charge on any atom is 0.0830 e. The topological polar surface area (TPSA) is 18.5 Å². The van der Waals surface area contributed by atoms with Crippen molar-refractivity contribution in [2.24, 2.45) is 0 Å². The molecule has 1 fully saturated rings. The zero-order valence-electron chi connectivity index (χ0n) is 8.21. The zero-order chi connectivity index (χ0) is 9.36. The van der Waals surface area contributed by atoms with Crippen molar-refractivity contribution >= 4 is 12.6 Å². The van der Waals surface area contributed by atoms with Gasteiger partial charge >= 0.3 is 0 Å². The molecule has 0 aromatic carbocycles. The van der Waals surface area contributed by atoms with E-state index in [9.17, 15) is 0 Å². The summed E-state index contributed by atoms with van der Waals surface area (Å²) in [6.07, 6.45) is 6.43. The van der Waals surface area contributed by atoms with Gasteiger partial charge in [-0.25, -0.2) is 0 Å². The van der Waals surface area contributed by atoms with Gasteiger partial charge in [0.25, 0.3) is 0 Å². The molecular formula is C10H20O2S. The van der Waals surface area contributed by atoms with E-state index < -0.39 is 0 Å². The first-order valence-corrected chi connectivity index (χ1v) is 5.87. The van der Waals surface area contributed by atoms with Gasteiger partial charge in [-0.1, -0.05) is 12.8 Å². The number of thiol groups is 1. The molecule has 0 aromatic heterocycles. The van der Waals surface area contributed by atoms with Gasteiger partial charge in [0.05, 0.1) is 12.7 Å². The second-order valence-electron chi connectivity index (χ2n) is 3.49. The highest BCUT2D eigenvalue weighted by Gasteiger charge is 2.14. The van der Waals surface area contributed by atoms with E-state index in [0.717, 1.165) is 32.0 Å². The Balaban J connectivity index is 1.78. The van der Waals surface area contributed by atoms with Crippen LogP contribution in [0.2, 0.25) is 0 Å². The summed E-state index contributed by atoms with van der Waals surface area (Å²) in [5.74, 6) is 1.01. The average molecular weight is 204 g/mol. The summed E-state index contributed by atoms with van der Waals surface area (Å²) in [6.45, 7) is 2.58.